The van der Waals surface area contributed by atoms with Crippen LogP contribution in [-0.4, -0.2) is 13.2 Å². The second-order valence-corrected chi connectivity index (χ2v) is 3.75. The minimum Gasteiger partial charge on any atom is -0.381 e. The molecule has 1 nitrogen and oxygen atoms in total. The molecule has 1 heteroatoms. The van der Waals surface area contributed by atoms with Gasteiger partial charge in [0, 0.05) is 13.2 Å². The van der Waals surface area contributed by atoms with Crippen LogP contribution in [0.3, 0.4) is 0 Å². The molecule has 0 aromatic carbocycles. The molecule has 1 fully saturated rings. The number of allylic oxidation sites excluding steroid dienone is 1. The zero-order valence-electron chi connectivity index (χ0n) is 7.60. The maximum atomic E-state index is 5.30. The van der Waals surface area contributed by atoms with Crippen LogP contribution in [0.15, 0.2) is 12.2 Å². The molecule has 0 aromatic rings. The van der Waals surface area contributed by atoms with Gasteiger partial charge in [-0.3, -0.25) is 0 Å². The van der Waals surface area contributed by atoms with Gasteiger partial charge in [0.2, 0.25) is 0 Å². The molecular weight excluding hydrogens is 136 g/mol. The highest BCUT2D eigenvalue weighted by atomic mass is 16.5. The minimum absolute atomic E-state index is 0.635. The maximum absolute atomic E-state index is 5.30. The second-order valence-electron chi connectivity index (χ2n) is 3.75. The van der Waals surface area contributed by atoms with Crippen molar-refractivity contribution >= 4 is 0 Å². The van der Waals surface area contributed by atoms with E-state index in [1.54, 1.807) is 0 Å². The lowest BCUT2D eigenvalue weighted by Gasteiger charge is -2.12. The van der Waals surface area contributed by atoms with Gasteiger partial charge >= 0.3 is 0 Å². The predicted molar refractivity (Wildman–Crippen MR) is 47.5 cm³/mol. The summed E-state index contributed by atoms with van der Waals surface area (Å²) >= 11 is 0. The minimum atomic E-state index is 0.635. The molecule has 1 rings (SSSR count). The molecule has 0 saturated carbocycles. The first-order chi connectivity index (χ1) is 5.20. The van der Waals surface area contributed by atoms with Crippen molar-refractivity contribution in [2.45, 2.75) is 26.7 Å². The Labute approximate surface area is 69.4 Å². The SMILES string of the molecule is C=C(CC1CCOC1)C(C)C. The zero-order chi connectivity index (χ0) is 8.27. The van der Waals surface area contributed by atoms with Crippen molar-refractivity contribution in [1.82, 2.24) is 0 Å². The molecule has 0 aliphatic carbocycles. The molecule has 1 atom stereocenters. The van der Waals surface area contributed by atoms with Gasteiger partial charge in [0.1, 0.15) is 0 Å². The molecule has 0 spiro atoms. The molecule has 1 aliphatic rings. The summed E-state index contributed by atoms with van der Waals surface area (Å²) in [5.74, 6) is 1.39. The van der Waals surface area contributed by atoms with Crippen molar-refractivity contribution in [3.05, 3.63) is 12.2 Å². The van der Waals surface area contributed by atoms with E-state index in [0.29, 0.717) is 5.92 Å². The Kier molecular flexibility index (Phi) is 3.13. The Morgan fingerprint density at radius 1 is 1.64 bits per heavy atom. The first-order valence-corrected chi connectivity index (χ1v) is 4.45. The monoisotopic (exact) mass is 154 g/mol. The van der Waals surface area contributed by atoms with E-state index in [4.69, 9.17) is 4.74 Å². The number of hydrogen-bond donors (Lipinski definition) is 0. The van der Waals surface area contributed by atoms with Crippen LogP contribution < -0.4 is 0 Å². The van der Waals surface area contributed by atoms with E-state index in [9.17, 15) is 0 Å². The molecule has 1 unspecified atom stereocenters. The summed E-state index contributed by atoms with van der Waals surface area (Å²) in [5, 5.41) is 0. The zero-order valence-corrected chi connectivity index (χ0v) is 7.60. The van der Waals surface area contributed by atoms with Crippen LogP contribution in [0.2, 0.25) is 0 Å². The molecule has 0 aromatic heterocycles. The van der Waals surface area contributed by atoms with Gasteiger partial charge in [-0.2, -0.15) is 0 Å². The van der Waals surface area contributed by atoms with Crippen LogP contribution in [0, 0.1) is 11.8 Å². The first kappa shape index (κ1) is 8.79. The summed E-state index contributed by atoms with van der Waals surface area (Å²) in [6.45, 7) is 10.4. The molecule has 1 saturated heterocycles. The lowest BCUT2D eigenvalue weighted by atomic mass is 9.93. The summed E-state index contributed by atoms with van der Waals surface area (Å²) in [7, 11) is 0. The van der Waals surface area contributed by atoms with E-state index < -0.39 is 0 Å². The fourth-order valence-corrected chi connectivity index (χ4v) is 1.35. The van der Waals surface area contributed by atoms with Crippen molar-refractivity contribution in [2.75, 3.05) is 13.2 Å². The van der Waals surface area contributed by atoms with Gasteiger partial charge in [-0.1, -0.05) is 26.0 Å². The molecular formula is C10H18O. The largest absolute Gasteiger partial charge is 0.381 e. The summed E-state index contributed by atoms with van der Waals surface area (Å²) < 4.78 is 5.30. The van der Waals surface area contributed by atoms with Crippen molar-refractivity contribution in [1.29, 1.82) is 0 Å². The Balaban J connectivity index is 2.24. The van der Waals surface area contributed by atoms with Crippen LogP contribution >= 0.6 is 0 Å². The van der Waals surface area contributed by atoms with E-state index in [2.05, 4.69) is 20.4 Å². The van der Waals surface area contributed by atoms with Crippen LogP contribution in [0.4, 0.5) is 0 Å². The van der Waals surface area contributed by atoms with E-state index in [0.717, 1.165) is 25.6 Å². The van der Waals surface area contributed by atoms with Crippen molar-refractivity contribution in [3.8, 4) is 0 Å². The van der Waals surface area contributed by atoms with Crippen LogP contribution in [0.25, 0.3) is 0 Å². The van der Waals surface area contributed by atoms with Crippen molar-refractivity contribution < 1.29 is 4.74 Å². The Morgan fingerprint density at radius 3 is 2.82 bits per heavy atom. The predicted octanol–water partition coefficient (Wildman–Crippen LogP) is 2.63. The average molecular weight is 154 g/mol. The molecule has 0 radical (unpaired) electrons. The first-order valence-electron chi connectivity index (χ1n) is 4.45. The smallest absolute Gasteiger partial charge is 0.0498 e. The molecule has 1 heterocycles. The van der Waals surface area contributed by atoms with E-state index in [1.807, 2.05) is 0 Å². The van der Waals surface area contributed by atoms with Gasteiger partial charge in [0.25, 0.3) is 0 Å². The van der Waals surface area contributed by atoms with Crippen LogP contribution in [0.5, 0.6) is 0 Å². The van der Waals surface area contributed by atoms with Gasteiger partial charge in [-0.15, -0.1) is 0 Å². The standard InChI is InChI=1S/C10H18O/c1-8(2)9(3)6-10-4-5-11-7-10/h8,10H,3-7H2,1-2H3. The topological polar surface area (TPSA) is 9.23 Å². The Bertz CT molecular complexity index is 132. The third-order valence-corrected chi connectivity index (χ3v) is 2.39. The Hall–Kier alpha value is -0.300. The van der Waals surface area contributed by atoms with Gasteiger partial charge in [0.15, 0.2) is 0 Å². The Morgan fingerprint density at radius 2 is 2.36 bits per heavy atom. The summed E-state index contributed by atoms with van der Waals surface area (Å²) in [6, 6.07) is 0. The molecule has 0 N–H and O–H groups in total. The number of hydrogen-bond acceptors (Lipinski definition) is 1. The average Bonchev–Trinajstić information content (AvgIpc) is 2.39. The molecule has 0 bridgehead atoms. The molecule has 0 amide bonds. The summed E-state index contributed by atoms with van der Waals surface area (Å²) in [4.78, 5) is 0. The lowest BCUT2D eigenvalue weighted by molar-refractivity contribution is 0.185. The normalized spacial score (nSPS) is 24.5. The fourth-order valence-electron chi connectivity index (χ4n) is 1.35. The third kappa shape index (κ3) is 2.66. The van der Waals surface area contributed by atoms with E-state index in [1.165, 1.54) is 12.0 Å². The molecule has 11 heavy (non-hydrogen) atoms. The second kappa shape index (κ2) is 3.91. The van der Waals surface area contributed by atoms with Crippen molar-refractivity contribution in [3.63, 3.8) is 0 Å². The van der Waals surface area contributed by atoms with Crippen LogP contribution in [0.1, 0.15) is 26.7 Å². The highest BCUT2D eigenvalue weighted by molar-refractivity contribution is 4.99. The number of ether oxygens (including phenoxy) is 1. The van der Waals surface area contributed by atoms with Gasteiger partial charge < -0.3 is 4.74 Å². The summed E-state index contributed by atoms with van der Waals surface area (Å²) in [6.07, 6.45) is 2.39. The lowest BCUT2D eigenvalue weighted by Crippen LogP contribution is -2.03. The van der Waals surface area contributed by atoms with E-state index in [-0.39, 0.29) is 0 Å². The third-order valence-electron chi connectivity index (χ3n) is 2.39. The molecule has 64 valence electrons. The fraction of sp³-hybridized carbons (Fsp3) is 0.800. The quantitative estimate of drug-likeness (QED) is 0.568. The van der Waals surface area contributed by atoms with Crippen molar-refractivity contribution in [2.24, 2.45) is 11.8 Å². The van der Waals surface area contributed by atoms with Crippen LogP contribution in [-0.2, 0) is 4.74 Å². The number of rotatable bonds is 3. The molecule has 1 aliphatic heterocycles. The highest BCUT2D eigenvalue weighted by Gasteiger charge is 2.17. The highest BCUT2D eigenvalue weighted by Crippen LogP contribution is 2.23. The van der Waals surface area contributed by atoms with Gasteiger partial charge in [-0.25, -0.2) is 0 Å². The van der Waals surface area contributed by atoms with Gasteiger partial charge in [-0.05, 0) is 24.7 Å². The van der Waals surface area contributed by atoms with E-state index >= 15 is 0 Å². The van der Waals surface area contributed by atoms with Gasteiger partial charge in [0.05, 0.1) is 0 Å². The summed E-state index contributed by atoms with van der Waals surface area (Å²) in [5.41, 5.74) is 1.38. The maximum Gasteiger partial charge on any atom is 0.0498 e.